The Morgan fingerprint density at radius 3 is 3.07 bits per heavy atom. The normalized spacial score (nSPS) is 27.4. The minimum absolute atomic E-state index is 0.217. The molecule has 1 aromatic heterocycles. The third-order valence-electron chi connectivity index (χ3n) is 3.17. The lowest BCUT2D eigenvalue weighted by molar-refractivity contribution is 0.246. The summed E-state index contributed by atoms with van der Waals surface area (Å²) in [6.45, 7) is 6.36. The van der Waals surface area contributed by atoms with Crippen molar-refractivity contribution >= 4 is 0 Å². The van der Waals surface area contributed by atoms with Crippen LogP contribution in [0, 0.1) is 6.92 Å². The van der Waals surface area contributed by atoms with Gasteiger partial charge in [0.25, 0.3) is 0 Å². The molecule has 0 aromatic carbocycles. The monoisotopic (exact) mass is 209 g/mol. The highest BCUT2D eigenvalue weighted by Crippen LogP contribution is 2.32. The summed E-state index contributed by atoms with van der Waals surface area (Å²) >= 11 is 0. The molecule has 4 heteroatoms. The van der Waals surface area contributed by atoms with E-state index >= 15 is 0 Å². The lowest BCUT2D eigenvalue weighted by atomic mass is 10.0. The predicted octanol–water partition coefficient (Wildman–Crippen LogP) is 1.47. The number of aryl methyl sites for hydroxylation is 1. The highest BCUT2D eigenvalue weighted by Gasteiger charge is 2.34. The highest BCUT2D eigenvalue weighted by atomic mass is 16.5. The van der Waals surface area contributed by atoms with Gasteiger partial charge in [-0.25, -0.2) is 0 Å². The molecule has 0 saturated carbocycles. The van der Waals surface area contributed by atoms with Gasteiger partial charge in [0, 0.05) is 18.2 Å². The van der Waals surface area contributed by atoms with Crippen LogP contribution in [0.4, 0.5) is 0 Å². The van der Waals surface area contributed by atoms with Crippen LogP contribution in [0.2, 0.25) is 0 Å². The summed E-state index contributed by atoms with van der Waals surface area (Å²) in [5.74, 6) is 0. The number of aromatic nitrogens is 1. The quantitative estimate of drug-likeness (QED) is 0.819. The first kappa shape index (κ1) is 10.6. The van der Waals surface area contributed by atoms with Crippen LogP contribution in [0.3, 0.4) is 0 Å². The van der Waals surface area contributed by atoms with E-state index in [2.05, 4.69) is 17.0 Å². The van der Waals surface area contributed by atoms with Crippen molar-refractivity contribution in [2.45, 2.75) is 38.8 Å². The summed E-state index contributed by atoms with van der Waals surface area (Å²) in [4.78, 5) is 2.43. The van der Waals surface area contributed by atoms with Crippen molar-refractivity contribution in [1.82, 2.24) is 10.1 Å². The standard InChI is InChI=1S/C11H19N3O/c1-3-5-14-6-4-10(12)11(14)9-7-15-13-8(9)2/h7,10-11H,3-6,12H2,1-2H3. The maximum absolute atomic E-state index is 6.15. The molecule has 2 rings (SSSR count). The van der Waals surface area contributed by atoms with Crippen LogP contribution in [-0.4, -0.2) is 29.2 Å². The molecule has 1 fully saturated rings. The molecule has 15 heavy (non-hydrogen) atoms. The molecule has 4 nitrogen and oxygen atoms in total. The first-order valence-electron chi connectivity index (χ1n) is 5.64. The lowest BCUT2D eigenvalue weighted by Crippen LogP contribution is -2.32. The van der Waals surface area contributed by atoms with Crippen LogP contribution in [0.15, 0.2) is 10.8 Å². The average Bonchev–Trinajstić information content (AvgIpc) is 2.75. The number of nitrogens with two attached hydrogens (primary N) is 1. The minimum atomic E-state index is 0.217. The first-order chi connectivity index (χ1) is 7.24. The van der Waals surface area contributed by atoms with E-state index in [1.807, 2.05) is 6.92 Å². The lowest BCUT2D eigenvalue weighted by Gasteiger charge is -2.25. The molecule has 0 aliphatic carbocycles. The van der Waals surface area contributed by atoms with Crippen molar-refractivity contribution < 1.29 is 4.52 Å². The zero-order valence-electron chi connectivity index (χ0n) is 9.44. The molecular weight excluding hydrogens is 190 g/mol. The SMILES string of the molecule is CCCN1CCC(N)C1c1conc1C. The van der Waals surface area contributed by atoms with Crippen LogP contribution in [0.1, 0.15) is 37.1 Å². The van der Waals surface area contributed by atoms with Gasteiger partial charge < -0.3 is 10.3 Å². The largest absolute Gasteiger partial charge is 0.364 e. The summed E-state index contributed by atoms with van der Waals surface area (Å²) in [6.07, 6.45) is 3.97. The number of likely N-dealkylation sites (tertiary alicyclic amines) is 1. The molecule has 0 radical (unpaired) electrons. The second-order valence-electron chi connectivity index (χ2n) is 4.29. The fourth-order valence-corrected chi connectivity index (χ4v) is 2.43. The van der Waals surface area contributed by atoms with Crippen molar-refractivity contribution in [1.29, 1.82) is 0 Å². The van der Waals surface area contributed by atoms with Gasteiger partial charge in [0.2, 0.25) is 0 Å². The summed E-state index contributed by atoms with van der Waals surface area (Å²) < 4.78 is 5.00. The topological polar surface area (TPSA) is 55.3 Å². The predicted molar refractivity (Wildman–Crippen MR) is 58.4 cm³/mol. The minimum Gasteiger partial charge on any atom is -0.364 e. The molecule has 2 atom stereocenters. The third kappa shape index (κ3) is 1.92. The molecule has 2 unspecified atom stereocenters. The summed E-state index contributed by atoms with van der Waals surface area (Å²) in [5.41, 5.74) is 8.28. The van der Waals surface area contributed by atoms with Crippen molar-refractivity contribution in [2.24, 2.45) is 5.73 Å². The van der Waals surface area contributed by atoms with E-state index in [0.717, 1.165) is 37.2 Å². The zero-order chi connectivity index (χ0) is 10.8. The Morgan fingerprint density at radius 1 is 1.67 bits per heavy atom. The van der Waals surface area contributed by atoms with E-state index in [1.54, 1.807) is 6.26 Å². The number of hydrogen-bond donors (Lipinski definition) is 1. The Kier molecular flexibility index (Phi) is 3.07. The van der Waals surface area contributed by atoms with Crippen LogP contribution >= 0.6 is 0 Å². The van der Waals surface area contributed by atoms with Crippen molar-refractivity contribution in [3.63, 3.8) is 0 Å². The molecule has 0 amide bonds. The van der Waals surface area contributed by atoms with E-state index in [9.17, 15) is 0 Å². The first-order valence-corrected chi connectivity index (χ1v) is 5.64. The van der Waals surface area contributed by atoms with Crippen molar-refractivity contribution in [2.75, 3.05) is 13.1 Å². The van der Waals surface area contributed by atoms with Gasteiger partial charge >= 0.3 is 0 Å². The van der Waals surface area contributed by atoms with E-state index in [4.69, 9.17) is 10.3 Å². The molecule has 1 aromatic rings. The van der Waals surface area contributed by atoms with Crippen LogP contribution in [0.5, 0.6) is 0 Å². The van der Waals surface area contributed by atoms with E-state index in [0.29, 0.717) is 6.04 Å². The Balaban J connectivity index is 2.21. The van der Waals surface area contributed by atoms with Crippen molar-refractivity contribution in [3.8, 4) is 0 Å². The fraction of sp³-hybridized carbons (Fsp3) is 0.727. The second-order valence-corrected chi connectivity index (χ2v) is 4.29. The van der Waals surface area contributed by atoms with Gasteiger partial charge in [-0.1, -0.05) is 12.1 Å². The van der Waals surface area contributed by atoms with Gasteiger partial charge in [0.05, 0.1) is 11.7 Å². The second kappa shape index (κ2) is 4.33. The summed E-state index contributed by atoms with van der Waals surface area (Å²) in [6, 6.07) is 0.519. The fourth-order valence-electron chi connectivity index (χ4n) is 2.43. The Hall–Kier alpha value is -0.870. The van der Waals surface area contributed by atoms with Gasteiger partial charge in [-0.3, -0.25) is 4.90 Å². The Bertz CT molecular complexity index is 321. The average molecular weight is 209 g/mol. The number of nitrogens with zero attached hydrogens (tertiary/aromatic N) is 2. The maximum Gasteiger partial charge on any atom is 0.128 e. The van der Waals surface area contributed by atoms with Crippen LogP contribution in [-0.2, 0) is 0 Å². The van der Waals surface area contributed by atoms with Crippen LogP contribution in [0.25, 0.3) is 0 Å². The third-order valence-corrected chi connectivity index (χ3v) is 3.17. The van der Waals surface area contributed by atoms with Gasteiger partial charge in [-0.15, -0.1) is 0 Å². The van der Waals surface area contributed by atoms with Gasteiger partial charge in [-0.2, -0.15) is 0 Å². The molecular formula is C11H19N3O. The zero-order valence-corrected chi connectivity index (χ0v) is 9.44. The summed E-state index contributed by atoms with van der Waals surface area (Å²) in [5, 5.41) is 3.93. The molecule has 0 bridgehead atoms. The molecule has 1 aliphatic heterocycles. The Morgan fingerprint density at radius 2 is 2.47 bits per heavy atom. The smallest absolute Gasteiger partial charge is 0.128 e. The van der Waals surface area contributed by atoms with Gasteiger partial charge in [0.15, 0.2) is 0 Å². The van der Waals surface area contributed by atoms with Gasteiger partial charge in [-0.05, 0) is 26.3 Å². The molecule has 2 heterocycles. The van der Waals surface area contributed by atoms with E-state index in [-0.39, 0.29) is 6.04 Å². The molecule has 84 valence electrons. The molecule has 2 N–H and O–H groups in total. The number of rotatable bonds is 3. The summed E-state index contributed by atoms with van der Waals surface area (Å²) in [7, 11) is 0. The Labute approximate surface area is 90.4 Å². The van der Waals surface area contributed by atoms with Crippen LogP contribution < -0.4 is 5.73 Å². The van der Waals surface area contributed by atoms with E-state index in [1.165, 1.54) is 0 Å². The number of hydrogen-bond acceptors (Lipinski definition) is 4. The highest BCUT2D eigenvalue weighted by molar-refractivity contribution is 5.21. The maximum atomic E-state index is 6.15. The molecule has 1 saturated heterocycles. The van der Waals surface area contributed by atoms with Gasteiger partial charge in [0.1, 0.15) is 6.26 Å². The molecule has 0 spiro atoms. The molecule has 1 aliphatic rings. The van der Waals surface area contributed by atoms with Crippen molar-refractivity contribution in [3.05, 3.63) is 17.5 Å². The van der Waals surface area contributed by atoms with E-state index < -0.39 is 0 Å².